The molecule has 1 atom stereocenters. The summed E-state index contributed by atoms with van der Waals surface area (Å²) in [6.45, 7) is 1.44. The molecule has 7 nitrogen and oxygen atoms in total. The molecule has 0 fully saturated rings. The molecule has 28 heavy (non-hydrogen) atoms. The molecule has 0 bridgehead atoms. The Morgan fingerprint density at radius 2 is 1.79 bits per heavy atom. The van der Waals surface area contributed by atoms with E-state index in [4.69, 9.17) is 21.1 Å². The van der Waals surface area contributed by atoms with Crippen LogP contribution < -0.4 is 19.1 Å². The second-order valence-corrected chi connectivity index (χ2v) is 8.46. The van der Waals surface area contributed by atoms with Gasteiger partial charge in [-0.3, -0.25) is 9.10 Å². The van der Waals surface area contributed by atoms with Gasteiger partial charge in [0.1, 0.15) is 18.0 Å². The van der Waals surface area contributed by atoms with Gasteiger partial charge >= 0.3 is 0 Å². The second kappa shape index (κ2) is 9.16. The van der Waals surface area contributed by atoms with E-state index in [9.17, 15) is 13.2 Å². The third kappa shape index (κ3) is 5.53. The number of nitrogens with one attached hydrogen (secondary N) is 1. The SMILES string of the molecule is COc1ccc([C@@H](C)NC(=O)CN(c2ccc(OC)c(Cl)c2)S(C)(=O)=O)cc1. The predicted molar refractivity (Wildman–Crippen MR) is 110 cm³/mol. The highest BCUT2D eigenvalue weighted by Gasteiger charge is 2.22. The van der Waals surface area contributed by atoms with Crippen molar-refractivity contribution in [3.8, 4) is 11.5 Å². The van der Waals surface area contributed by atoms with E-state index in [2.05, 4.69) is 5.32 Å². The molecule has 152 valence electrons. The maximum Gasteiger partial charge on any atom is 0.241 e. The number of rotatable bonds is 8. The van der Waals surface area contributed by atoms with Crippen molar-refractivity contribution in [2.45, 2.75) is 13.0 Å². The molecule has 0 aliphatic heterocycles. The zero-order valence-corrected chi connectivity index (χ0v) is 17.7. The molecule has 2 aromatic rings. The van der Waals surface area contributed by atoms with E-state index in [1.807, 2.05) is 19.1 Å². The van der Waals surface area contributed by atoms with Crippen LogP contribution in [-0.2, 0) is 14.8 Å². The van der Waals surface area contributed by atoms with Gasteiger partial charge in [-0.25, -0.2) is 8.42 Å². The maximum absolute atomic E-state index is 12.5. The summed E-state index contributed by atoms with van der Waals surface area (Å²) < 4.78 is 35.6. The van der Waals surface area contributed by atoms with E-state index in [1.54, 1.807) is 25.3 Å². The Morgan fingerprint density at radius 1 is 1.14 bits per heavy atom. The third-order valence-corrected chi connectivity index (χ3v) is 5.54. The molecule has 1 amide bonds. The van der Waals surface area contributed by atoms with Crippen LogP contribution in [0.5, 0.6) is 11.5 Å². The monoisotopic (exact) mass is 426 g/mol. The summed E-state index contributed by atoms with van der Waals surface area (Å²) in [4.78, 5) is 12.5. The molecular weight excluding hydrogens is 404 g/mol. The van der Waals surface area contributed by atoms with Gasteiger partial charge in [-0.15, -0.1) is 0 Å². The number of hydrogen-bond donors (Lipinski definition) is 1. The molecule has 0 unspecified atom stereocenters. The maximum atomic E-state index is 12.5. The molecule has 2 aromatic carbocycles. The van der Waals surface area contributed by atoms with E-state index in [0.717, 1.165) is 16.1 Å². The first kappa shape index (κ1) is 21.8. The second-order valence-electron chi connectivity index (χ2n) is 6.15. The Bertz CT molecular complexity index is 932. The van der Waals surface area contributed by atoms with Crippen LogP contribution in [0.15, 0.2) is 42.5 Å². The van der Waals surface area contributed by atoms with Gasteiger partial charge in [-0.1, -0.05) is 23.7 Å². The summed E-state index contributed by atoms with van der Waals surface area (Å²) in [6, 6.07) is 11.5. The number of amides is 1. The summed E-state index contributed by atoms with van der Waals surface area (Å²) in [6.07, 6.45) is 1.03. The number of carbonyl (C=O) groups excluding carboxylic acids is 1. The Kier molecular flexibility index (Phi) is 7.15. The quantitative estimate of drug-likeness (QED) is 0.701. The smallest absolute Gasteiger partial charge is 0.241 e. The highest BCUT2D eigenvalue weighted by molar-refractivity contribution is 7.92. The van der Waals surface area contributed by atoms with Crippen molar-refractivity contribution in [2.75, 3.05) is 31.3 Å². The lowest BCUT2D eigenvalue weighted by molar-refractivity contribution is -0.120. The van der Waals surface area contributed by atoms with Crippen LogP contribution in [-0.4, -0.2) is 41.3 Å². The number of benzene rings is 2. The first-order valence-electron chi connectivity index (χ1n) is 8.40. The Morgan fingerprint density at radius 3 is 2.29 bits per heavy atom. The van der Waals surface area contributed by atoms with Crippen LogP contribution in [0.25, 0.3) is 0 Å². The Hall–Kier alpha value is -2.45. The molecule has 0 aliphatic rings. The lowest BCUT2D eigenvalue weighted by Crippen LogP contribution is -2.41. The fraction of sp³-hybridized carbons (Fsp3) is 0.316. The molecule has 9 heteroatoms. The molecule has 0 saturated carbocycles. The zero-order chi connectivity index (χ0) is 20.9. The van der Waals surface area contributed by atoms with Crippen LogP contribution in [0.4, 0.5) is 5.69 Å². The number of anilines is 1. The van der Waals surface area contributed by atoms with Crippen molar-refractivity contribution in [1.82, 2.24) is 5.32 Å². The molecule has 0 aliphatic carbocycles. The minimum absolute atomic E-state index is 0.251. The number of carbonyl (C=O) groups is 1. The van der Waals surface area contributed by atoms with Gasteiger partial charge < -0.3 is 14.8 Å². The highest BCUT2D eigenvalue weighted by Crippen LogP contribution is 2.30. The van der Waals surface area contributed by atoms with Crippen LogP contribution in [0.3, 0.4) is 0 Å². The Labute approximate surface area is 170 Å². The first-order valence-corrected chi connectivity index (χ1v) is 10.6. The van der Waals surface area contributed by atoms with Gasteiger partial charge in [0.05, 0.1) is 37.2 Å². The van der Waals surface area contributed by atoms with Gasteiger partial charge in [0.15, 0.2) is 0 Å². The minimum Gasteiger partial charge on any atom is -0.497 e. The van der Waals surface area contributed by atoms with Crippen LogP contribution in [0.2, 0.25) is 5.02 Å². The number of methoxy groups -OCH3 is 2. The first-order chi connectivity index (χ1) is 13.2. The highest BCUT2D eigenvalue weighted by atomic mass is 35.5. The fourth-order valence-electron chi connectivity index (χ4n) is 2.60. The summed E-state index contributed by atoms with van der Waals surface area (Å²) in [5, 5.41) is 3.05. The zero-order valence-electron chi connectivity index (χ0n) is 16.1. The summed E-state index contributed by atoms with van der Waals surface area (Å²) in [5.41, 5.74) is 1.15. The van der Waals surface area contributed by atoms with E-state index in [-0.39, 0.29) is 23.3 Å². The van der Waals surface area contributed by atoms with E-state index in [1.165, 1.54) is 19.2 Å². The number of ether oxygens (including phenoxy) is 2. The van der Waals surface area contributed by atoms with E-state index >= 15 is 0 Å². The molecule has 0 radical (unpaired) electrons. The largest absolute Gasteiger partial charge is 0.497 e. The van der Waals surface area contributed by atoms with Crippen LogP contribution >= 0.6 is 11.6 Å². The predicted octanol–water partition coefficient (Wildman–Crippen LogP) is 3.00. The van der Waals surface area contributed by atoms with E-state index in [0.29, 0.717) is 11.5 Å². The summed E-state index contributed by atoms with van der Waals surface area (Å²) in [7, 11) is -0.666. The molecule has 0 saturated heterocycles. The van der Waals surface area contributed by atoms with Crippen molar-refractivity contribution in [3.05, 3.63) is 53.1 Å². The normalized spacial score (nSPS) is 12.2. The average molecular weight is 427 g/mol. The molecular formula is C19H23ClN2O5S. The Balaban J connectivity index is 2.15. The van der Waals surface area contributed by atoms with E-state index < -0.39 is 15.9 Å². The topological polar surface area (TPSA) is 84.9 Å². The van der Waals surface area contributed by atoms with Crippen molar-refractivity contribution < 1.29 is 22.7 Å². The van der Waals surface area contributed by atoms with Crippen LogP contribution in [0.1, 0.15) is 18.5 Å². The number of hydrogen-bond acceptors (Lipinski definition) is 5. The summed E-state index contributed by atoms with van der Waals surface area (Å²) in [5.74, 6) is 0.680. The number of sulfonamides is 1. The summed E-state index contributed by atoms with van der Waals surface area (Å²) >= 11 is 6.09. The number of nitrogens with zero attached hydrogens (tertiary/aromatic N) is 1. The van der Waals surface area contributed by atoms with Gasteiger partial charge in [0.25, 0.3) is 0 Å². The van der Waals surface area contributed by atoms with Gasteiger partial charge in [0, 0.05) is 0 Å². The standard InChI is InChI=1S/C19H23ClN2O5S/c1-13(14-5-8-16(26-2)9-6-14)21-19(23)12-22(28(4,24)25)15-7-10-18(27-3)17(20)11-15/h5-11,13H,12H2,1-4H3,(H,21,23)/t13-/m1/s1. The molecule has 0 heterocycles. The molecule has 0 spiro atoms. The lowest BCUT2D eigenvalue weighted by atomic mass is 10.1. The fourth-order valence-corrected chi connectivity index (χ4v) is 3.70. The number of halogens is 1. The molecule has 2 rings (SSSR count). The van der Waals surface area contributed by atoms with Crippen molar-refractivity contribution in [3.63, 3.8) is 0 Å². The van der Waals surface area contributed by atoms with Gasteiger partial charge in [-0.05, 0) is 42.8 Å². The van der Waals surface area contributed by atoms with Gasteiger partial charge in [-0.2, -0.15) is 0 Å². The van der Waals surface area contributed by atoms with Gasteiger partial charge in [0.2, 0.25) is 15.9 Å². The van der Waals surface area contributed by atoms with Crippen molar-refractivity contribution in [1.29, 1.82) is 0 Å². The average Bonchev–Trinajstić information content (AvgIpc) is 2.65. The molecule has 0 aromatic heterocycles. The van der Waals surface area contributed by atoms with Crippen LogP contribution in [0, 0.1) is 0 Å². The van der Waals surface area contributed by atoms with Crippen molar-refractivity contribution in [2.24, 2.45) is 0 Å². The third-order valence-electron chi connectivity index (χ3n) is 4.10. The van der Waals surface area contributed by atoms with Crippen molar-refractivity contribution >= 4 is 33.2 Å². The minimum atomic E-state index is -3.70. The molecule has 1 N–H and O–H groups in total. The lowest BCUT2D eigenvalue weighted by Gasteiger charge is -2.24.